The quantitative estimate of drug-likeness (QED) is 0.226. The van der Waals surface area contributed by atoms with E-state index >= 15 is 0 Å². The largest absolute Gasteiger partial charge is 0.191 e. The van der Waals surface area contributed by atoms with Crippen LogP contribution >= 0.6 is 22.7 Å². The number of fused-ring (bicyclic) bond motifs is 3. The lowest BCUT2D eigenvalue weighted by molar-refractivity contribution is 0.663. The van der Waals surface area contributed by atoms with E-state index in [2.05, 4.69) is 124 Å². The van der Waals surface area contributed by atoms with E-state index in [4.69, 9.17) is 0 Å². The van der Waals surface area contributed by atoms with Gasteiger partial charge in [0.2, 0.25) is 0 Å². The van der Waals surface area contributed by atoms with E-state index in [9.17, 15) is 0 Å². The molecule has 0 atom stereocenters. The molecule has 0 fully saturated rings. The molecule has 0 nitrogen and oxygen atoms in total. The molecular weight excluding hydrogens is 453 g/mol. The van der Waals surface area contributed by atoms with Crippen LogP contribution in [0.3, 0.4) is 0 Å². The fourth-order valence-electron chi connectivity index (χ4n) is 5.49. The molecule has 5 aromatic rings. The van der Waals surface area contributed by atoms with Gasteiger partial charge in [0.1, 0.15) is 0 Å². The Labute approximate surface area is 205 Å². The molecule has 0 saturated carbocycles. The van der Waals surface area contributed by atoms with Crippen molar-refractivity contribution in [2.75, 3.05) is 0 Å². The minimum Gasteiger partial charge on any atom is -0.142 e. The van der Waals surface area contributed by atoms with Crippen molar-refractivity contribution in [3.63, 3.8) is 0 Å². The average Bonchev–Trinajstić information content (AvgIpc) is 3.51. The van der Waals surface area contributed by atoms with Gasteiger partial charge in [-0.15, -0.1) is 22.7 Å². The van der Waals surface area contributed by atoms with Crippen LogP contribution < -0.4 is 20.1 Å². The molecule has 33 heavy (non-hydrogen) atoms. The van der Waals surface area contributed by atoms with Gasteiger partial charge in [0.25, 0.3) is 0 Å². The maximum absolute atomic E-state index is 2.57. The van der Waals surface area contributed by atoms with Crippen LogP contribution in [0.1, 0.15) is 29.9 Å². The lowest BCUT2D eigenvalue weighted by Crippen LogP contribution is -2.74. The van der Waals surface area contributed by atoms with Crippen molar-refractivity contribution in [2.24, 2.45) is 0 Å². The molecule has 0 saturated heterocycles. The Kier molecular flexibility index (Phi) is 4.84. The van der Waals surface area contributed by atoms with Gasteiger partial charge in [-0.25, -0.2) is 0 Å². The minimum atomic E-state index is -2.45. The van der Waals surface area contributed by atoms with Gasteiger partial charge in [0, 0.05) is 24.5 Å². The third-order valence-corrected chi connectivity index (χ3v) is 15.0. The molecule has 2 aromatic heterocycles. The summed E-state index contributed by atoms with van der Waals surface area (Å²) < 4.78 is 1.53. The predicted molar refractivity (Wildman–Crippen MR) is 148 cm³/mol. The molecule has 162 valence electrons. The van der Waals surface area contributed by atoms with Gasteiger partial charge in [0.15, 0.2) is 8.07 Å². The van der Waals surface area contributed by atoms with Crippen LogP contribution in [0.2, 0.25) is 0 Å². The van der Waals surface area contributed by atoms with Crippen molar-refractivity contribution >= 4 is 50.8 Å². The summed E-state index contributed by atoms with van der Waals surface area (Å²) in [5.74, 6) is 0. The van der Waals surface area contributed by atoms with Crippen molar-refractivity contribution in [3.8, 4) is 9.75 Å². The van der Waals surface area contributed by atoms with E-state index in [-0.39, 0.29) is 5.41 Å². The van der Waals surface area contributed by atoms with Crippen molar-refractivity contribution in [2.45, 2.75) is 26.2 Å². The Morgan fingerprint density at radius 3 is 1.48 bits per heavy atom. The Morgan fingerprint density at radius 1 is 0.576 bits per heavy atom. The molecule has 3 aromatic carbocycles. The summed E-state index contributed by atoms with van der Waals surface area (Å²) in [6.45, 7) is 7.04. The van der Waals surface area contributed by atoms with E-state index in [0.717, 1.165) is 0 Å². The summed E-state index contributed by atoms with van der Waals surface area (Å²) in [6.07, 6.45) is 0. The summed E-state index contributed by atoms with van der Waals surface area (Å²) in [5.41, 5.74) is 3.06. The van der Waals surface area contributed by atoms with Gasteiger partial charge >= 0.3 is 0 Å². The molecule has 2 heterocycles. The lowest BCUT2D eigenvalue weighted by Gasteiger charge is -2.33. The number of benzene rings is 3. The Balaban J connectivity index is 1.71. The van der Waals surface area contributed by atoms with E-state index in [1.54, 1.807) is 0 Å². The summed E-state index contributed by atoms with van der Waals surface area (Å²) in [4.78, 5) is 4.38. The highest BCUT2D eigenvalue weighted by Crippen LogP contribution is 2.54. The molecule has 0 unspecified atom stereocenters. The maximum atomic E-state index is 2.57. The lowest BCUT2D eigenvalue weighted by atomic mass is 9.84. The standard InChI is InChI=1S/C30H26S2Si/c1-21-19-25-28(31-21)29-26(30(25,2)3)20-27(32-29)33(22-13-7-4-8-14-22,23-15-9-5-10-16-23)24-17-11-6-12-18-24/h4-20H,1-3H3. The molecule has 1 aliphatic rings. The molecule has 1 aliphatic carbocycles. The second-order valence-corrected chi connectivity index (χ2v) is 15.9. The van der Waals surface area contributed by atoms with Crippen LogP contribution in [-0.4, -0.2) is 8.07 Å². The monoisotopic (exact) mass is 478 g/mol. The van der Waals surface area contributed by atoms with Crippen molar-refractivity contribution in [3.05, 3.63) is 119 Å². The van der Waals surface area contributed by atoms with Crippen molar-refractivity contribution in [1.29, 1.82) is 0 Å². The smallest absolute Gasteiger partial charge is 0.142 e. The van der Waals surface area contributed by atoms with Gasteiger partial charge in [0.05, 0.1) is 0 Å². The highest BCUT2D eigenvalue weighted by molar-refractivity contribution is 7.38. The molecule has 0 radical (unpaired) electrons. The average molecular weight is 479 g/mol. The van der Waals surface area contributed by atoms with Gasteiger partial charge in [-0.3, -0.25) is 0 Å². The first-order valence-electron chi connectivity index (χ1n) is 11.5. The fraction of sp³-hybridized carbons (Fsp3) is 0.133. The van der Waals surface area contributed by atoms with Gasteiger partial charge < -0.3 is 0 Å². The highest BCUT2D eigenvalue weighted by Gasteiger charge is 2.46. The van der Waals surface area contributed by atoms with E-state index in [1.807, 2.05) is 22.7 Å². The topological polar surface area (TPSA) is 0 Å². The summed E-state index contributed by atoms with van der Waals surface area (Å²) in [6, 6.07) is 38.7. The number of hydrogen-bond donors (Lipinski definition) is 0. The zero-order valence-electron chi connectivity index (χ0n) is 19.1. The Bertz CT molecular complexity index is 1330. The fourth-order valence-corrected chi connectivity index (χ4v) is 14.2. The first-order valence-corrected chi connectivity index (χ1v) is 15.1. The van der Waals surface area contributed by atoms with Crippen molar-refractivity contribution in [1.82, 2.24) is 0 Å². The Morgan fingerprint density at radius 2 is 1.00 bits per heavy atom. The molecule has 3 heteroatoms. The van der Waals surface area contributed by atoms with Gasteiger partial charge in [-0.05, 0) is 45.7 Å². The van der Waals surface area contributed by atoms with Crippen LogP contribution in [0.5, 0.6) is 0 Å². The summed E-state index contributed by atoms with van der Waals surface area (Å²) in [5, 5.41) is 4.34. The number of thiophene rings is 2. The minimum absolute atomic E-state index is 0.0500. The highest BCUT2D eigenvalue weighted by atomic mass is 32.1. The number of hydrogen-bond acceptors (Lipinski definition) is 2. The molecular formula is C30H26S2Si. The van der Waals surface area contributed by atoms with Crippen LogP contribution in [-0.2, 0) is 5.41 Å². The molecule has 0 amide bonds. The number of aryl methyl sites for hydroxylation is 1. The van der Waals surface area contributed by atoms with Crippen LogP contribution in [0, 0.1) is 6.92 Å². The summed E-state index contributed by atoms with van der Waals surface area (Å²) >= 11 is 4.00. The molecule has 0 N–H and O–H groups in total. The third-order valence-electron chi connectivity index (χ3n) is 7.13. The predicted octanol–water partition coefficient (Wildman–Crippen LogP) is 5.80. The van der Waals surface area contributed by atoms with E-state index < -0.39 is 8.07 Å². The zero-order valence-corrected chi connectivity index (χ0v) is 21.8. The molecule has 6 rings (SSSR count). The number of rotatable bonds is 4. The zero-order chi connectivity index (χ0) is 22.6. The van der Waals surface area contributed by atoms with Crippen LogP contribution in [0.15, 0.2) is 103 Å². The van der Waals surface area contributed by atoms with Crippen LogP contribution in [0.4, 0.5) is 0 Å². The molecule has 0 aliphatic heterocycles. The second-order valence-electron chi connectivity index (χ2n) is 9.43. The van der Waals surface area contributed by atoms with E-state index in [0.29, 0.717) is 0 Å². The van der Waals surface area contributed by atoms with Gasteiger partial charge in [-0.1, -0.05) is 105 Å². The first kappa shape index (κ1) is 20.9. The van der Waals surface area contributed by atoms with E-state index in [1.165, 1.54) is 45.8 Å². The maximum Gasteiger partial charge on any atom is 0.191 e. The van der Waals surface area contributed by atoms with Gasteiger partial charge in [-0.2, -0.15) is 0 Å². The Hall–Kier alpha value is -2.72. The second kappa shape index (κ2) is 7.66. The third kappa shape index (κ3) is 3.00. The first-order chi connectivity index (χ1) is 16.0. The molecule has 0 spiro atoms. The summed E-state index contributed by atoms with van der Waals surface area (Å²) in [7, 11) is -2.45. The van der Waals surface area contributed by atoms with Crippen molar-refractivity contribution < 1.29 is 0 Å². The molecule has 0 bridgehead atoms. The van der Waals surface area contributed by atoms with Crippen LogP contribution in [0.25, 0.3) is 9.75 Å². The normalized spacial score (nSPS) is 14.2. The SMILES string of the molecule is Cc1cc2c(s1)-c1sc([Si](c3ccccc3)(c3ccccc3)c3ccccc3)cc1C2(C)C.